The molecular weight excluding hydrogens is 606 g/mol. The van der Waals surface area contributed by atoms with E-state index in [9.17, 15) is 9.59 Å². The third-order valence-electron chi connectivity index (χ3n) is 9.11. The first-order chi connectivity index (χ1) is 22.5. The molecule has 0 aliphatic heterocycles. The molecule has 12 heteroatoms. The highest BCUT2D eigenvalue weighted by Crippen LogP contribution is 2.38. The zero-order chi connectivity index (χ0) is 35.4. The molecule has 0 spiro atoms. The van der Waals surface area contributed by atoms with Crippen molar-refractivity contribution in [1.82, 2.24) is 30.1 Å². The summed E-state index contributed by atoms with van der Waals surface area (Å²) in [5, 5.41) is 25.7. The molecule has 3 aromatic rings. The Bertz CT molecular complexity index is 1720. The molecule has 48 heavy (non-hydrogen) atoms. The fourth-order valence-electron chi connectivity index (χ4n) is 5.21. The zero-order valence-electron chi connectivity index (χ0n) is 29.7. The number of carbonyl (C=O) groups excluding carboxylic acids is 2. The van der Waals surface area contributed by atoms with E-state index in [1.165, 1.54) is 0 Å². The number of nitrogens with one attached hydrogen (secondary N) is 5. The lowest BCUT2D eigenvalue weighted by molar-refractivity contribution is 0.0909. The summed E-state index contributed by atoms with van der Waals surface area (Å²) in [7, 11) is 3.91. The van der Waals surface area contributed by atoms with Gasteiger partial charge in [-0.05, 0) is 70.5 Å². The maximum Gasteiger partial charge on any atom is 0.320 e. The number of hydrogen-bond donors (Lipinski definition) is 5. The van der Waals surface area contributed by atoms with Crippen LogP contribution in [-0.4, -0.2) is 63.4 Å². The largest absolute Gasteiger partial charge is 0.484 e. The first-order valence-electron chi connectivity index (χ1n) is 16.5. The van der Waals surface area contributed by atoms with Gasteiger partial charge in [-0.15, -0.1) is 0 Å². The van der Waals surface area contributed by atoms with Crippen LogP contribution in [0.15, 0.2) is 48.7 Å². The maximum atomic E-state index is 13.4. The molecule has 4 rings (SSSR count). The Hall–Kier alpha value is -4.58. The minimum Gasteiger partial charge on any atom is -0.484 e. The molecule has 0 fully saturated rings. The fourth-order valence-corrected chi connectivity index (χ4v) is 5.21. The van der Waals surface area contributed by atoms with Gasteiger partial charge < -0.3 is 20.3 Å². The van der Waals surface area contributed by atoms with E-state index in [1.54, 1.807) is 29.0 Å². The number of amides is 3. The lowest BCUT2D eigenvalue weighted by atomic mass is 9.85. The van der Waals surface area contributed by atoms with Crippen LogP contribution in [0.1, 0.15) is 112 Å². The Kier molecular flexibility index (Phi) is 11.1. The molecule has 264 valence electrons. The van der Waals surface area contributed by atoms with Crippen LogP contribution in [0, 0.1) is 16.7 Å². The van der Waals surface area contributed by atoms with Crippen LogP contribution in [0.25, 0.3) is 0 Å². The van der Waals surface area contributed by atoms with Gasteiger partial charge in [0, 0.05) is 33.8 Å². The van der Waals surface area contributed by atoms with Gasteiger partial charge in [-0.2, -0.15) is 0 Å². The summed E-state index contributed by atoms with van der Waals surface area (Å²) in [6.45, 7) is 14.4. The number of rotatable bonds is 10. The van der Waals surface area contributed by atoms with Crippen molar-refractivity contribution in [2.45, 2.75) is 90.8 Å². The minimum atomic E-state index is -0.441. The fraction of sp³-hybridized carbons (Fsp3) is 0.500. The van der Waals surface area contributed by atoms with Crippen LogP contribution in [0.3, 0.4) is 0 Å². The highest BCUT2D eigenvalue weighted by atomic mass is 16.5. The second-order valence-corrected chi connectivity index (χ2v) is 14.4. The van der Waals surface area contributed by atoms with E-state index in [1.807, 2.05) is 91.7 Å². The van der Waals surface area contributed by atoms with Crippen molar-refractivity contribution in [2.24, 2.45) is 5.92 Å². The third-order valence-corrected chi connectivity index (χ3v) is 9.11. The standard InChI is InChI=1S/C36H51N9O3.3H2/c1-10-22(2)31(38)45-20-23(15-18-29(45)37)48-27-17-16-26(24-13-11-12-14-25(24)27)40-34(47)43-30-19-28(35(3,4)5)41-32(42-30)33(46)39-21-36(6,7)44(8)9;;;/h11-15,18-20,22,26-27,37-38H,10,16-17,21H2,1-9H3,(H,39,46)(H2,40,41,42,43,47);3*1H/t22-,26-,27+;;;/m0.../s1. The highest BCUT2D eigenvalue weighted by Gasteiger charge is 2.30. The van der Waals surface area contributed by atoms with Crippen molar-refractivity contribution in [3.8, 4) is 5.75 Å². The smallest absolute Gasteiger partial charge is 0.320 e. The first-order valence-corrected chi connectivity index (χ1v) is 16.5. The van der Waals surface area contributed by atoms with Crippen LogP contribution in [0.5, 0.6) is 5.75 Å². The Morgan fingerprint density at radius 1 is 1.08 bits per heavy atom. The molecule has 3 atom stereocenters. The molecule has 1 aliphatic rings. The van der Waals surface area contributed by atoms with Crippen molar-refractivity contribution >= 4 is 23.6 Å². The van der Waals surface area contributed by atoms with Gasteiger partial charge in [0.05, 0.1) is 17.9 Å². The lowest BCUT2D eigenvalue weighted by Gasteiger charge is -2.32. The third kappa shape index (κ3) is 8.66. The number of hydrogen-bond acceptors (Lipinski definition) is 8. The van der Waals surface area contributed by atoms with Crippen LogP contribution >= 0.6 is 0 Å². The van der Waals surface area contributed by atoms with Crippen molar-refractivity contribution in [3.63, 3.8) is 0 Å². The summed E-state index contributed by atoms with van der Waals surface area (Å²) in [5.74, 6) is 0.761. The van der Waals surface area contributed by atoms with Crippen molar-refractivity contribution in [3.05, 3.63) is 76.8 Å². The molecule has 0 bridgehead atoms. The predicted molar refractivity (Wildman–Crippen MR) is 194 cm³/mol. The average molecular weight is 664 g/mol. The number of benzene rings is 1. The Balaban J connectivity index is 0.00000433. The molecule has 0 saturated carbocycles. The van der Waals surface area contributed by atoms with Gasteiger partial charge in [0.1, 0.15) is 29.0 Å². The van der Waals surface area contributed by atoms with E-state index in [-0.39, 0.29) is 50.4 Å². The molecule has 3 amide bonds. The molecule has 0 radical (unpaired) electrons. The topological polar surface area (TPSA) is 161 Å². The summed E-state index contributed by atoms with van der Waals surface area (Å²) in [4.78, 5) is 37.5. The van der Waals surface area contributed by atoms with Gasteiger partial charge >= 0.3 is 6.03 Å². The molecule has 2 aromatic heterocycles. The highest BCUT2D eigenvalue weighted by molar-refractivity contribution is 5.92. The van der Waals surface area contributed by atoms with Gasteiger partial charge in [0.2, 0.25) is 5.82 Å². The maximum absolute atomic E-state index is 13.4. The monoisotopic (exact) mass is 663 g/mol. The Morgan fingerprint density at radius 3 is 2.42 bits per heavy atom. The van der Waals surface area contributed by atoms with Gasteiger partial charge in [-0.3, -0.25) is 25.5 Å². The van der Waals surface area contributed by atoms with E-state index in [0.29, 0.717) is 36.7 Å². The second kappa shape index (κ2) is 14.7. The molecule has 2 heterocycles. The lowest BCUT2D eigenvalue weighted by Crippen LogP contribution is -2.48. The van der Waals surface area contributed by atoms with Crippen LogP contribution in [0.4, 0.5) is 10.6 Å². The number of likely N-dealkylation sites (N-methyl/N-ethyl adjacent to an activating group) is 1. The minimum absolute atomic E-state index is 0. The number of ether oxygens (including phenoxy) is 1. The summed E-state index contributed by atoms with van der Waals surface area (Å²) >= 11 is 0. The van der Waals surface area contributed by atoms with Crippen molar-refractivity contribution in [2.75, 3.05) is 26.0 Å². The number of fused-ring (bicyclic) bond motifs is 1. The van der Waals surface area contributed by atoms with Crippen molar-refractivity contribution < 1.29 is 18.6 Å². The zero-order valence-corrected chi connectivity index (χ0v) is 29.7. The van der Waals surface area contributed by atoms with Gasteiger partial charge in [-0.1, -0.05) is 58.9 Å². The summed E-state index contributed by atoms with van der Waals surface area (Å²) in [6, 6.07) is 12.3. The van der Waals surface area contributed by atoms with E-state index in [0.717, 1.165) is 17.5 Å². The number of carbonyl (C=O) groups is 2. The number of anilines is 1. The number of aromatic nitrogens is 3. The molecule has 5 N–H and O–H groups in total. The Morgan fingerprint density at radius 2 is 1.77 bits per heavy atom. The SMILES string of the molecule is CC[C@H](C)C(=N)n1cc(O[C@@H]2CC[C@H](NC(=O)Nc3cc(C(C)(C)C)nc(C(=O)NCC(C)(C)N(C)C)n3)c3ccccc32)ccc1=N.[HH].[HH].[HH]. The first kappa shape index (κ1) is 36.3. The summed E-state index contributed by atoms with van der Waals surface area (Å²) < 4.78 is 8.00. The van der Waals surface area contributed by atoms with Gasteiger partial charge in [0.25, 0.3) is 5.91 Å². The quantitative estimate of drug-likeness (QED) is 0.123. The van der Waals surface area contributed by atoms with Gasteiger partial charge in [-0.25, -0.2) is 14.8 Å². The molecular formula is C36H57N9O3. The summed E-state index contributed by atoms with van der Waals surface area (Å²) in [6.07, 6.45) is 3.51. The molecule has 1 aliphatic carbocycles. The summed E-state index contributed by atoms with van der Waals surface area (Å²) in [5.41, 5.74) is 2.11. The van der Waals surface area contributed by atoms with Gasteiger partial charge in [0.15, 0.2) is 0 Å². The van der Waals surface area contributed by atoms with E-state index >= 15 is 0 Å². The number of nitrogens with zero attached hydrogens (tertiary/aromatic N) is 4. The predicted octanol–water partition coefficient (Wildman–Crippen LogP) is 6.51. The van der Waals surface area contributed by atoms with E-state index in [4.69, 9.17) is 15.6 Å². The Labute approximate surface area is 288 Å². The molecule has 12 nitrogen and oxygen atoms in total. The molecule has 0 saturated heterocycles. The van der Waals surface area contributed by atoms with Crippen LogP contribution < -0.4 is 26.2 Å². The van der Waals surface area contributed by atoms with E-state index < -0.39 is 11.9 Å². The average Bonchev–Trinajstić information content (AvgIpc) is 3.04. The van der Waals surface area contributed by atoms with Crippen LogP contribution in [0.2, 0.25) is 0 Å². The molecule has 1 aromatic carbocycles. The number of urea groups is 1. The molecule has 0 unspecified atom stereocenters. The van der Waals surface area contributed by atoms with Crippen LogP contribution in [-0.2, 0) is 5.41 Å². The number of pyridine rings is 1. The van der Waals surface area contributed by atoms with Crippen molar-refractivity contribution in [1.29, 1.82) is 10.8 Å². The normalized spacial score (nSPS) is 16.9. The second-order valence-electron chi connectivity index (χ2n) is 14.4. The van der Waals surface area contributed by atoms with E-state index in [2.05, 4.69) is 25.9 Å².